The molecule has 1 aromatic rings. The first-order valence-corrected chi connectivity index (χ1v) is 5.70. The SMILES string of the molecule is CC(C)(C)C(=O)NNC(=O)c1cn[nH]c1I. The number of nitrogens with one attached hydrogen (secondary N) is 3. The smallest absolute Gasteiger partial charge is 0.273 e. The highest BCUT2D eigenvalue weighted by Gasteiger charge is 2.22. The number of aromatic nitrogens is 2. The number of nitrogens with zero attached hydrogens (tertiary/aromatic N) is 1. The number of aromatic amines is 1. The van der Waals surface area contributed by atoms with Crippen LogP contribution >= 0.6 is 22.6 Å². The van der Waals surface area contributed by atoms with Crippen molar-refractivity contribution < 1.29 is 9.59 Å². The number of halogens is 1. The molecule has 0 aliphatic carbocycles. The summed E-state index contributed by atoms with van der Waals surface area (Å²) >= 11 is 1.95. The standard InChI is InChI=1S/C9H13IN4O2/c1-9(2,3)8(16)14-13-7(15)5-4-11-12-6(5)10/h4H,1-3H3,(H,11,12)(H,13,15)(H,14,16). The van der Waals surface area contributed by atoms with Crippen molar-refractivity contribution >= 4 is 34.4 Å². The molecule has 0 saturated carbocycles. The third-order valence-electron chi connectivity index (χ3n) is 1.81. The van der Waals surface area contributed by atoms with Gasteiger partial charge in [-0.3, -0.25) is 25.5 Å². The van der Waals surface area contributed by atoms with Gasteiger partial charge in [0.2, 0.25) is 5.91 Å². The van der Waals surface area contributed by atoms with E-state index in [0.29, 0.717) is 9.26 Å². The Balaban J connectivity index is 2.55. The first kappa shape index (κ1) is 12.9. The normalized spacial score (nSPS) is 11.0. The van der Waals surface area contributed by atoms with E-state index in [0.717, 1.165) is 0 Å². The number of hydrogen-bond donors (Lipinski definition) is 3. The number of carbonyl (C=O) groups is 2. The zero-order chi connectivity index (χ0) is 12.3. The van der Waals surface area contributed by atoms with E-state index < -0.39 is 11.3 Å². The Morgan fingerprint density at radius 1 is 1.38 bits per heavy atom. The average Bonchev–Trinajstić information content (AvgIpc) is 2.58. The van der Waals surface area contributed by atoms with Crippen LogP contribution in [0.2, 0.25) is 0 Å². The van der Waals surface area contributed by atoms with Gasteiger partial charge in [-0.05, 0) is 22.6 Å². The van der Waals surface area contributed by atoms with Crippen LogP contribution in [0.15, 0.2) is 6.20 Å². The fraction of sp³-hybridized carbons (Fsp3) is 0.444. The zero-order valence-corrected chi connectivity index (χ0v) is 11.4. The molecule has 7 heteroatoms. The van der Waals surface area contributed by atoms with Gasteiger partial charge in [0.25, 0.3) is 5.91 Å². The summed E-state index contributed by atoms with van der Waals surface area (Å²) in [5, 5.41) is 6.34. The van der Waals surface area contributed by atoms with E-state index in [1.807, 2.05) is 22.6 Å². The Hall–Kier alpha value is -1.12. The number of H-pyrrole nitrogens is 1. The molecule has 1 aromatic heterocycles. The second-order valence-electron chi connectivity index (χ2n) is 4.26. The fourth-order valence-corrected chi connectivity index (χ4v) is 1.32. The van der Waals surface area contributed by atoms with Crippen molar-refractivity contribution in [3.8, 4) is 0 Å². The highest BCUT2D eigenvalue weighted by Crippen LogP contribution is 2.12. The van der Waals surface area contributed by atoms with Gasteiger partial charge in [-0.2, -0.15) is 5.10 Å². The van der Waals surface area contributed by atoms with Crippen molar-refractivity contribution in [2.24, 2.45) is 5.41 Å². The molecule has 16 heavy (non-hydrogen) atoms. The van der Waals surface area contributed by atoms with Crippen molar-refractivity contribution in [2.75, 3.05) is 0 Å². The van der Waals surface area contributed by atoms with E-state index in [4.69, 9.17) is 0 Å². The molecule has 0 bridgehead atoms. The summed E-state index contributed by atoms with van der Waals surface area (Å²) in [5.74, 6) is -0.643. The van der Waals surface area contributed by atoms with Crippen LogP contribution in [0.3, 0.4) is 0 Å². The molecule has 0 atom stereocenters. The molecule has 0 aliphatic rings. The van der Waals surface area contributed by atoms with Crippen LogP contribution in [0.4, 0.5) is 0 Å². The lowest BCUT2D eigenvalue weighted by molar-refractivity contribution is -0.129. The lowest BCUT2D eigenvalue weighted by Crippen LogP contribution is -2.46. The first-order chi connectivity index (χ1) is 7.32. The minimum Gasteiger partial charge on any atom is -0.273 e. The number of carbonyl (C=O) groups excluding carboxylic acids is 2. The van der Waals surface area contributed by atoms with Crippen molar-refractivity contribution in [2.45, 2.75) is 20.8 Å². The predicted molar refractivity (Wildman–Crippen MR) is 66.4 cm³/mol. The Kier molecular flexibility index (Phi) is 3.89. The van der Waals surface area contributed by atoms with E-state index >= 15 is 0 Å². The minimum absolute atomic E-state index is 0.251. The van der Waals surface area contributed by atoms with Crippen LogP contribution in [0.5, 0.6) is 0 Å². The molecule has 6 nitrogen and oxygen atoms in total. The highest BCUT2D eigenvalue weighted by molar-refractivity contribution is 14.1. The summed E-state index contributed by atoms with van der Waals surface area (Å²) < 4.78 is 0.625. The molecule has 0 spiro atoms. The van der Waals surface area contributed by atoms with Crippen molar-refractivity contribution in [1.82, 2.24) is 21.0 Å². The summed E-state index contributed by atoms with van der Waals surface area (Å²) in [6.07, 6.45) is 1.40. The quantitative estimate of drug-likeness (QED) is 0.524. The summed E-state index contributed by atoms with van der Waals surface area (Å²) in [6.45, 7) is 5.28. The van der Waals surface area contributed by atoms with Crippen molar-refractivity contribution in [3.63, 3.8) is 0 Å². The number of rotatable bonds is 1. The third kappa shape index (κ3) is 3.19. The van der Waals surface area contributed by atoms with Crippen LogP contribution in [0, 0.1) is 9.12 Å². The maximum atomic E-state index is 11.6. The molecule has 0 fully saturated rings. The lowest BCUT2D eigenvalue weighted by atomic mass is 9.96. The largest absolute Gasteiger partial charge is 0.273 e. The van der Waals surface area contributed by atoms with Crippen molar-refractivity contribution in [3.05, 3.63) is 15.5 Å². The number of hydrogen-bond acceptors (Lipinski definition) is 3. The van der Waals surface area contributed by atoms with Gasteiger partial charge in [0.15, 0.2) is 0 Å². The van der Waals surface area contributed by atoms with Gasteiger partial charge < -0.3 is 0 Å². The molecule has 0 radical (unpaired) electrons. The van der Waals surface area contributed by atoms with Crippen LogP contribution < -0.4 is 10.9 Å². The molecule has 0 saturated heterocycles. The van der Waals surface area contributed by atoms with Gasteiger partial charge >= 0.3 is 0 Å². The van der Waals surface area contributed by atoms with Crippen LogP contribution in [0.25, 0.3) is 0 Å². The molecule has 3 N–H and O–H groups in total. The van der Waals surface area contributed by atoms with E-state index in [-0.39, 0.29) is 5.91 Å². The fourth-order valence-electron chi connectivity index (χ4n) is 0.797. The second-order valence-corrected chi connectivity index (χ2v) is 5.33. The molecule has 0 aromatic carbocycles. The number of amides is 2. The van der Waals surface area contributed by atoms with E-state index in [1.54, 1.807) is 20.8 Å². The Bertz CT molecular complexity index is 408. The zero-order valence-electron chi connectivity index (χ0n) is 9.22. The topological polar surface area (TPSA) is 86.9 Å². The maximum Gasteiger partial charge on any atom is 0.273 e. The van der Waals surface area contributed by atoms with Crippen LogP contribution in [-0.2, 0) is 4.79 Å². The summed E-state index contributed by atoms with van der Waals surface area (Å²) in [6, 6.07) is 0. The summed E-state index contributed by atoms with van der Waals surface area (Å²) in [5.41, 5.74) is 4.54. The highest BCUT2D eigenvalue weighted by atomic mass is 127. The van der Waals surface area contributed by atoms with E-state index in [1.165, 1.54) is 6.20 Å². The lowest BCUT2D eigenvalue weighted by Gasteiger charge is -2.17. The Labute approximate surface area is 107 Å². The molecule has 0 aliphatic heterocycles. The average molecular weight is 336 g/mol. The van der Waals surface area contributed by atoms with E-state index in [2.05, 4.69) is 21.0 Å². The first-order valence-electron chi connectivity index (χ1n) is 4.62. The molecular weight excluding hydrogens is 323 g/mol. The van der Waals surface area contributed by atoms with Crippen LogP contribution in [0.1, 0.15) is 31.1 Å². The Morgan fingerprint density at radius 2 is 2.00 bits per heavy atom. The summed E-state index contributed by atoms with van der Waals surface area (Å²) in [4.78, 5) is 23.0. The van der Waals surface area contributed by atoms with Gasteiger partial charge in [0, 0.05) is 5.41 Å². The number of hydrazine groups is 1. The van der Waals surface area contributed by atoms with E-state index in [9.17, 15) is 9.59 Å². The molecule has 1 heterocycles. The minimum atomic E-state index is -0.545. The molecule has 1 rings (SSSR count). The Morgan fingerprint density at radius 3 is 2.44 bits per heavy atom. The van der Waals surface area contributed by atoms with Gasteiger partial charge in [-0.25, -0.2) is 0 Å². The predicted octanol–water partition coefficient (Wildman–Crippen LogP) is 0.821. The molecule has 2 amide bonds. The van der Waals surface area contributed by atoms with Gasteiger partial charge in [0.05, 0.1) is 11.8 Å². The van der Waals surface area contributed by atoms with Gasteiger partial charge in [0.1, 0.15) is 3.70 Å². The monoisotopic (exact) mass is 336 g/mol. The molecular formula is C9H13IN4O2. The van der Waals surface area contributed by atoms with Gasteiger partial charge in [-0.15, -0.1) is 0 Å². The maximum absolute atomic E-state index is 11.6. The molecule has 0 unspecified atom stereocenters. The van der Waals surface area contributed by atoms with Gasteiger partial charge in [-0.1, -0.05) is 20.8 Å². The third-order valence-corrected chi connectivity index (χ3v) is 2.63. The van der Waals surface area contributed by atoms with Crippen LogP contribution in [-0.4, -0.2) is 22.0 Å². The summed E-state index contributed by atoms with van der Waals surface area (Å²) in [7, 11) is 0. The van der Waals surface area contributed by atoms with Crippen molar-refractivity contribution in [1.29, 1.82) is 0 Å². The second kappa shape index (κ2) is 4.81. The molecule has 88 valence electrons.